The molecule has 1 fully saturated rings. The second-order valence-electron chi connectivity index (χ2n) is 9.02. The molecule has 4 rings (SSSR count). The van der Waals surface area contributed by atoms with Crippen molar-refractivity contribution in [1.82, 2.24) is 15.3 Å². The molecule has 13 heteroatoms. The lowest BCUT2D eigenvalue weighted by Crippen LogP contribution is -2.42. The number of ether oxygens (including phenoxy) is 1. The van der Waals surface area contributed by atoms with Crippen molar-refractivity contribution in [3.63, 3.8) is 0 Å². The van der Waals surface area contributed by atoms with E-state index in [0.717, 1.165) is 12.1 Å². The molecule has 0 unspecified atom stereocenters. The second kappa shape index (κ2) is 11.2. The molecule has 0 bridgehead atoms. The number of benzene rings is 2. The standard InChI is InChI=1S/C26H22F7N3O3/c1-2-18-22(30)25(38)36-23(35-18)19-16(26(31,32)33)7-6-12(21(19)29)10-34-24(37)14-8-15(9-14)39-11-13-4-3-5-17(27)20(13)28/h3-7,14-15H,2,8-11H2,1H3,(H,34,37)(H,35,36,38)/t14-,15-. The lowest BCUT2D eigenvalue weighted by atomic mass is 9.81. The van der Waals surface area contributed by atoms with Gasteiger partial charge < -0.3 is 15.0 Å². The number of rotatable bonds is 8. The molecule has 0 saturated heterocycles. The number of aromatic amines is 1. The molecule has 1 heterocycles. The Balaban J connectivity index is 1.44. The molecule has 2 aromatic carbocycles. The van der Waals surface area contributed by atoms with Gasteiger partial charge in [-0.05, 0) is 31.4 Å². The highest BCUT2D eigenvalue weighted by Crippen LogP contribution is 2.38. The molecule has 0 aliphatic heterocycles. The molecule has 208 valence electrons. The number of hydrogen-bond acceptors (Lipinski definition) is 4. The van der Waals surface area contributed by atoms with E-state index < -0.39 is 82.1 Å². The van der Waals surface area contributed by atoms with Crippen LogP contribution < -0.4 is 10.9 Å². The molecule has 0 spiro atoms. The summed E-state index contributed by atoms with van der Waals surface area (Å²) in [7, 11) is 0. The number of carbonyl (C=O) groups is 1. The molecule has 39 heavy (non-hydrogen) atoms. The van der Waals surface area contributed by atoms with Gasteiger partial charge >= 0.3 is 6.18 Å². The van der Waals surface area contributed by atoms with Gasteiger partial charge in [0.2, 0.25) is 11.7 Å². The lowest BCUT2D eigenvalue weighted by molar-refractivity contribution is -0.137. The third-order valence-electron chi connectivity index (χ3n) is 6.46. The average Bonchev–Trinajstić information content (AvgIpc) is 2.85. The van der Waals surface area contributed by atoms with Crippen molar-refractivity contribution in [2.24, 2.45) is 5.92 Å². The molecular weight excluding hydrogens is 535 g/mol. The van der Waals surface area contributed by atoms with Crippen molar-refractivity contribution in [2.45, 2.75) is 51.6 Å². The van der Waals surface area contributed by atoms with Gasteiger partial charge in [-0.25, -0.2) is 18.2 Å². The van der Waals surface area contributed by atoms with E-state index in [1.54, 1.807) is 0 Å². The number of amides is 1. The summed E-state index contributed by atoms with van der Waals surface area (Å²) in [6.45, 7) is 0.761. The average molecular weight is 557 g/mol. The summed E-state index contributed by atoms with van der Waals surface area (Å²) < 4.78 is 103. The molecule has 0 radical (unpaired) electrons. The molecule has 1 aliphatic carbocycles. The Morgan fingerprint density at radius 2 is 1.77 bits per heavy atom. The Morgan fingerprint density at radius 3 is 2.44 bits per heavy atom. The Bertz CT molecular complexity index is 1450. The van der Waals surface area contributed by atoms with E-state index in [9.17, 15) is 35.9 Å². The van der Waals surface area contributed by atoms with E-state index in [4.69, 9.17) is 4.74 Å². The number of nitrogens with one attached hydrogen (secondary N) is 2. The molecule has 1 aliphatic rings. The minimum atomic E-state index is -5.02. The first kappa shape index (κ1) is 28.3. The summed E-state index contributed by atoms with van der Waals surface area (Å²) in [5, 5.41) is 2.45. The van der Waals surface area contributed by atoms with Gasteiger partial charge in [0.1, 0.15) is 11.6 Å². The van der Waals surface area contributed by atoms with Crippen LogP contribution in [0.1, 0.15) is 42.1 Å². The van der Waals surface area contributed by atoms with E-state index in [1.807, 2.05) is 4.98 Å². The van der Waals surface area contributed by atoms with Crippen LogP contribution in [-0.4, -0.2) is 22.0 Å². The van der Waals surface area contributed by atoms with Crippen LogP contribution in [0.5, 0.6) is 0 Å². The van der Waals surface area contributed by atoms with E-state index in [1.165, 1.54) is 19.1 Å². The van der Waals surface area contributed by atoms with Gasteiger partial charge in [0.05, 0.1) is 29.5 Å². The number of halogens is 7. The number of H-pyrrole nitrogens is 1. The molecule has 6 nitrogen and oxygen atoms in total. The molecule has 0 atom stereocenters. The van der Waals surface area contributed by atoms with Crippen molar-refractivity contribution in [1.29, 1.82) is 0 Å². The van der Waals surface area contributed by atoms with Crippen molar-refractivity contribution in [3.05, 3.63) is 86.3 Å². The molecule has 1 saturated carbocycles. The highest BCUT2D eigenvalue weighted by molar-refractivity contribution is 5.79. The van der Waals surface area contributed by atoms with Crippen LogP contribution >= 0.6 is 0 Å². The monoisotopic (exact) mass is 557 g/mol. The lowest BCUT2D eigenvalue weighted by Gasteiger charge is -2.34. The zero-order valence-corrected chi connectivity index (χ0v) is 20.4. The van der Waals surface area contributed by atoms with Crippen LogP contribution in [0.15, 0.2) is 35.1 Å². The smallest absolute Gasteiger partial charge is 0.373 e. The van der Waals surface area contributed by atoms with Crippen LogP contribution in [0.3, 0.4) is 0 Å². The fourth-order valence-electron chi connectivity index (χ4n) is 4.19. The fourth-order valence-corrected chi connectivity index (χ4v) is 4.19. The summed E-state index contributed by atoms with van der Waals surface area (Å²) in [6, 6.07) is 5.13. The Kier molecular flexibility index (Phi) is 8.09. The van der Waals surface area contributed by atoms with E-state index in [2.05, 4.69) is 10.3 Å². The van der Waals surface area contributed by atoms with Gasteiger partial charge in [-0.15, -0.1) is 0 Å². The Hall–Kier alpha value is -3.74. The summed E-state index contributed by atoms with van der Waals surface area (Å²) >= 11 is 0. The maximum atomic E-state index is 15.4. The predicted octanol–water partition coefficient (Wildman–Crippen LogP) is 5.19. The first-order chi connectivity index (χ1) is 18.4. The van der Waals surface area contributed by atoms with Gasteiger partial charge in [0.15, 0.2) is 11.6 Å². The van der Waals surface area contributed by atoms with Crippen LogP contribution in [0.4, 0.5) is 30.7 Å². The predicted molar refractivity (Wildman–Crippen MR) is 124 cm³/mol. The zero-order valence-electron chi connectivity index (χ0n) is 20.4. The van der Waals surface area contributed by atoms with E-state index in [-0.39, 0.29) is 37.0 Å². The highest BCUT2D eigenvalue weighted by atomic mass is 19.4. The first-order valence-electron chi connectivity index (χ1n) is 11.9. The Labute approximate surface area is 217 Å². The van der Waals surface area contributed by atoms with Crippen molar-refractivity contribution >= 4 is 5.91 Å². The third kappa shape index (κ3) is 5.97. The molecular formula is C26H22F7N3O3. The van der Waals surface area contributed by atoms with Crippen LogP contribution in [0.2, 0.25) is 0 Å². The van der Waals surface area contributed by atoms with Gasteiger partial charge in [-0.1, -0.05) is 25.1 Å². The topological polar surface area (TPSA) is 84.1 Å². The number of nitrogens with zero attached hydrogens (tertiary/aromatic N) is 1. The van der Waals surface area contributed by atoms with Crippen LogP contribution in [-0.2, 0) is 35.3 Å². The third-order valence-corrected chi connectivity index (χ3v) is 6.46. The SMILES string of the molecule is CCc1nc(-c2c(C(F)(F)F)ccc(CNC(=O)[C@H]3C[C@H](OCc4cccc(F)c4F)C3)c2F)[nH]c(=O)c1F. The van der Waals surface area contributed by atoms with Gasteiger partial charge in [-0.3, -0.25) is 9.59 Å². The minimum Gasteiger partial charge on any atom is -0.373 e. The molecule has 1 aromatic heterocycles. The van der Waals surface area contributed by atoms with Crippen molar-refractivity contribution < 1.29 is 40.3 Å². The number of alkyl halides is 3. The quantitative estimate of drug-likeness (QED) is 0.374. The van der Waals surface area contributed by atoms with Gasteiger partial charge in [0.25, 0.3) is 5.56 Å². The van der Waals surface area contributed by atoms with E-state index in [0.29, 0.717) is 6.07 Å². The largest absolute Gasteiger partial charge is 0.417 e. The number of aromatic nitrogens is 2. The normalized spacial score (nSPS) is 17.1. The van der Waals surface area contributed by atoms with Gasteiger partial charge in [-0.2, -0.15) is 17.6 Å². The molecule has 2 N–H and O–H groups in total. The maximum absolute atomic E-state index is 15.4. The Morgan fingerprint density at radius 1 is 1.05 bits per heavy atom. The second-order valence-corrected chi connectivity index (χ2v) is 9.02. The summed E-state index contributed by atoms with van der Waals surface area (Å²) in [6.07, 6.45) is -5.03. The number of hydrogen-bond donors (Lipinski definition) is 2. The molecule has 3 aromatic rings. The number of aryl methyl sites for hydroxylation is 1. The van der Waals surface area contributed by atoms with Gasteiger partial charge in [0, 0.05) is 23.6 Å². The van der Waals surface area contributed by atoms with Crippen LogP contribution in [0.25, 0.3) is 11.4 Å². The molecule has 1 amide bonds. The number of carbonyl (C=O) groups excluding carboxylic acids is 1. The van der Waals surface area contributed by atoms with Crippen molar-refractivity contribution in [3.8, 4) is 11.4 Å². The zero-order chi connectivity index (χ0) is 28.5. The minimum absolute atomic E-state index is 0.0273. The first-order valence-corrected chi connectivity index (χ1v) is 11.9. The van der Waals surface area contributed by atoms with Crippen molar-refractivity contribution in [2.75, 3.05) is 0 Å². The van der Waals surface area contributed by atoms with Crippen LogP contribution in [0, 0.1) is 29.2 Å². The summed E-state index contributed by atoms with van der Waals surface area (Å²) in [4.78, 5) is 29.9. The fraction of sp³-hybridized carbons (Fsp3) is 0.346. The summed E-state index contributed by atoms with van der Waals surface area (Å²) in [5.74, 6) is -6.51. The summed E-state index contributed by atoms with van der Waals surface area (Å²) in [5.41, 5.74) is -4.56. The maximum Gasteiger partial charge on any atom is 0.417 e. The highest BCUT2D eigenvalue weighted by Gasteiger charge is 2.38. The van der Waals surface area contributed by atoms with E-state index >= 15 is 4.39 Å².